The van der Waals surface area contributed by atoms with E-state index in [4.69, 9.17) is 0 Å². The molecule has 0 aromatic carbocycles. The smallest absolute Gasteiger partial charge is 0.272 e. The summed E-state index contributed by atoms with van der Waals surface area (Å²) in [4.78, 5) is 11.6. The van der Waals surface area contributed by atoms with Crippen LogP contribution in [-0.2, 0) is 9.84 Å². The Morgan fingerprint density at radius 2 is 2.38 bits per heavy atom. The second-order valence-electron chi connectivity index (χ2n) is 4.01. The molecule has 1 amide bonds. The number of carbonyl (C=O) groups excluding carboxylic acids is 1. The molecule has 1 atom stereocenters. The van der Waals surface area contributed by atoms with Crippen LogP contribution in [0.1, 0.15) is 22.6 Å². The van der Waals surface area contributed by atoms with Gasteiger partial charge in [0.05, 0.1) is 11.5 Å². The molecule has 0 saturated carbocycles. The van der Waals surface area contributed by atoms with E-state index in [-0.39, 0.29) is 23.5 Å². The van der Waals surface area contributed by atoms with Crippen LogP contribution in [0.2, 0.25) is 0 Å². The fourth-order valence-electron chi connectivity index (χ4n) is 1.70. The van der Waals surface area contributed by atoms with Crippen LogP contribution in [0.15, 0.2) is 6.07 Å². The summed E-state index contributed by atoms with van der Waals surface area (Å²) >= 11 is 0. The fraction of sp³-hybridized carbons (Fsp3) is 0.556. The zero-order valence-corrected chi connectivity index (χ0v) is 9.67. The lowest BCUT2D eigenvalue weighted by Crippen LogP contribution is -2.35. The Kier molecular flexibility index (Phi) is 2.71. The monoisotopic (exact) mass is 243 g/mol. The number of aryl methyl sites for hydroxylation is 1. The number of hydrogen-bond donors (Lipinski definition) is 2. The van der Waals surface area contributed by atoms with Crippen LogP contribution in [0.3, 0.4) is 0 Å². The molecule has 1 unspecified atom stereocenters. The maximum atomic E-state index is 11.6. The van der Waals surface area contributed by atoms with Gasteiger partial charge in [-0.15, -0.1) is 0 Å². The minimum absolute atomic E-state index is 0.0299. The van der Waals surface area contributed by atoms with E-state index in [0.29, 0.717) is 12.1 Å². The molecule has 1 fully saturated rings. The standard InChI is InChI=1S/C9H13N3O3S/c1-6-4-8(12-11-6)9(13)10-7-2-3-16(14,15)5-7/h4,7H,2-3,5H2,1H3,(H,10,13)(H,11,12). The van der Waals surface area contributed by atoms with E-state index < -0.39 is 9.84 Å². The predicted octanol–water partition coefficient (Wildman–Crippen LogP) is -0.365. The summed E-state index contributed by atoms with van der Waals surface area (Å²) in [5.41, 5.74) is 1.09. The van der Waals surface area contributed by atoms with Gasteiger partial charge >= 0.3 is 0 Å². The van der Waals surface area contributed by atoms with E-state index in [9.17, 15) is 13.2 Å². The quantitative estimate of drug-likeness (QED) is 0.741. The number of nitrogens with zero attached hydrogens (tertiary/aromatic N) is 1. The Labute approximate surface area is 93.3 Å². The minimum atomic E-state index is -2.96. The Morgan fingerprint density at radius 1 is 1.62 bits per heavy atom. The number of hydrogen-bond acceptors (Lipinski definition) is 4. The Morgan fingerprint density at radius 3 is 2.88 bits per heavy atom. The first-order chi connectivity index (χ1) is 7.46. The Hall–Kier alpha value is -1.37. The predicted molar refractivity (Wildman–Crippen MR) is 57.8 cm³/mol. The van der Waals surface area contributed by atoms with Gasteiger partial charge in [-0.1, -0.05) is 0 Å². The van der Waals surface area contributed by atoms with Crippen molar-refractivity contribution in [1.29, 1.82) is 0 Å². The lowest BCUT2D eigenvalue weighted by molar-refractivity contribution is 0.0936. The molecule has 2 N–H and O–H groups in total. The molecule has 1 aromatic heterocycles. The molecule has 1 saturated heterocycles. The maximum Gasteiger partial charge on any atom is 0.272 e. The second kappa shape index (κ2) is 3.89. The van der Waals surface area contributed by atoms with Gasteiger partial charge in [-0.2, -0.15) is 5.10 Å². The van der Waals surface area contributed by atoms with Crippen molar-refractivity contribution in [2.75, 3.05) is 11.5 Å². The molecule has 88 valence electrons. The molecule has 0 bridgehead atoms. The minimum Gasteiger partial charge on any atom is -0.347 e. The van der Waals surface area contributed by atoms with Gasteiger partial charge < -0.3 is 5.32 Å². The maximum absolute atomic E-state index is 11.6. The van der Waals surface area contributed by atoms with Crippen LogP contribution in [0.25, 0.3) is 0 Å². The average molecular weight is 243 g/mol. The van der Waals surface area contributed by atoms with Crippen molar-refractivity contribution in [1.82, 2.24) is 15.5 Å². The third-order valence-corrected chi connectivity index (χ3v) is 4.27. The van der Waals surface area contributed by atoms with Crippen molar-refractivity contribution >= 4 is 15.7 Å². The molecule has 2 rings (SSSR count). The molecule has 1 aromatic rings. The Balaban J connectivity index is 1.99. The van der Waals surface area contributed by atoms with Crippen LogP contribution in [0, 0.1) is 6.92 Å². The largest absolute Gasteiger partial charge is 0.347 e. The van der Waals surface area contributed by atoms with E-state index in [2.05, 4.69) is 15.5 Å². The zero-order valence-electron chi connectivity index (χ0n) is 8.86. The third-order valence-electron chi connectivity index (χ3n) is 2.51. The molecule has 1 aliphatic heterocycles. The van der Waals surface area contributed by atoms with Crippen molar-refractivity contribution in [2.24, 2.45) is 0 Å². The Bertz CT molecular complexity index is 506. The summed E-state index contributed by atoms with van der Waals surface area (Å²) in [6, 6.07) is 1.34. The normalized spacial score (nSPS) is 23.2. The van der Waals surface area contributed by atoms with Gasteiger partial charge in [0.25, 0.3) is 5.91 Å². The van der Waals surface area contributed by atoms with Gasteiger partial charge in [0.15, 0.2) is 9.84 Å². The highest BCUT2D eigenvalue weighted by atomic mass is 32.2. The number of sulfone groups is 1. The summed E-state index contributed by atoms with van der Waals surface area (Å²) in [5.74, 6) is -0.147. The zero-order chi connectivity index (χ0) is 11.8. The first kappa shape index (κ1) is 11.1. The first-order valence-electron chi connectivity index (χ1n) is 4.99. The average Bonchev–Trinajstić information content (AvgIpc) is 2.73. The molecule has 0 spiro atoms. The van der Waals surface area contributed by atoms with Gasteiger partial charge in [-0.05, 0) is 19.4 Å². The number of carbonyl (C=O) groups is 1. The van der Waals surface area contributed by atoms with Gasteiger partial charge in [0.2, 0.25) is 0 Å². The topological polar surface area (TPSA) is 91.9 Å². The number of aromatic nitrogens is 2. The first-order valence-corrected chi connectivity index (χ1v) is 6.82. The SMILES string of the molecule is Cc1cc(C(=O)NC2CCS(=O)(=O)C2)n[nH]1. The van der Waals surface area contributed by atoms with Crippen molar-refractivity contribution in [3.05, 3.63) is 17.5 Å². The third kappa shape index (κ3) is 2.41. The molecular weight excluding hydrogens is 230 g/mol. The van der Waals surface area contributed by atoms with E-state index in [1.165, 1.54) is 0 Å². The van der Waals surface area contributed by atoms with Crippen molar-refractivity contribution in [3.8, 4) is 0 Å². The number of H-pyrrole nitrogens is 1. The molecule has 1 aliphatic rings. The fourth-order valence-corrected chi connectivity index (χ4v) is 3.38. The molecule has 6 nitrogen and oxygen atoms in total. The highest BCUT2D eigenvalue weighted by molar-refractivity contribution is 7.91. The summed E-state index contributed by atoms with van der Waals surface area (Å²) in [5, 5.41) is 9.13. The lowest BCUT2D eigenvalue weighted by atomic mass is 10.2. The summed E-state index contributed by atoms with van der Waals surface area (Å²) < 4.78 is 22.4. The van der Waals surface area contributed by atoms with Gasteiger partial charge in [-0.25, -0.2) is 8.42 Å². The van der Waals surface area contributed by atoms with Gasteiger partial charge in [0.1, 0.15) is 5.69 Å². The van der Waals surface area contributed by atoms with Crippen molar-refractivity contribution in [2.45, 2.75) is 19.4 Å². The molecular formula is C9H13N3O3S. The van der Waals surface area contributed by atoms with Crippen LogP contribution >= 0.6 is 0 Å². The lowest BCUT2D eigenvalue weighted by Gasteiger charge is -2.08. The number of aromatic amines is 1. The van der Waals surface area contributed by atoms with E-state index >= 15 is 0 Å². The van der Waals surface area contributed by atoms with E-state index in [1.807, 2.05) is 0 Å². The second-order valence-corrected chi connectivity index (χ2v) is 6.24. The summed E-state index contributed by atoms with van der Waals surface area (Å²) in [6.45, 7) is 1.80. The van der Waals surface area contributed by atoms with E-state index in [1.54, 1.807) is 13.0 Å². The number of nitrogens with one attached hydrogen (secondary N) is 2. The van der Waals surface area contributed by atoms with Crippen molar-refractivity contribution in [3.63, 3.8) is 0 Å². The number of amides is 1. The molecule has 0 aliphatic carbocycles. The van der Waals surface area contributed by atoms with Crippen LogP contribution in [0.5, 0.6) is 0 Å². The van der Waals surface area contributed by atoms with Crippen LogP contribution in [0.4, 0.5) is 0 Å². The van der Waals surface area contributed by atoms with Gasteiger partial charge in [0, 0.05) is 11.7 Å². The molecule has 2 heterocycles. The summed E-state index contributed by atoms with van der Waals surface area (Å²) in [6.07, 6.45) is 0.484. The van der Waals surface area contributed by atoms with Gasteiger partial charge in [-0.3, -0.25) is 9.89 Å². The van der Waals surface area contributed by atoms with E-state index in [0.717, 1.165) is 5.69 Å². The van der Waals surface area contributed by atoms with Crippen LogP contribution < -0.4 is 5.32 Å². The summed E-state index contributed by atoms with van der Waals surface area (Å²) in [7, 11) is -2.96. The molecule has 7 heteroatoms. The number of rotatable bonds is 2. The van der Waals surface area contributed by atoms with Crippen molar-refractivity contribution < 1.29 is 13.2 Å². The van der Waals surface area contributed by atoms with Crippen LogP contribution in [-0.4, -0.2) is 42.1 Å². The molecule has 0 radical (unpaired) electrons. The highest BCUT2D eigenvalue weighted by Gasteiger charge is 2.29. The molecule has 16 heavy (non-hydrogen) atoms. The highest BCUT2D eigenvalue weighted by Crippen LogP contribution is 2.11.